The molecule has 0 amide bonds. The summed E-state index contributed by atoms with van der Waals surface area (Å²) in [5.41, 5.74) is 8.68. The van der Waals surface area contributed by atoms with E-state index in [-0.39, 0.29) is 0 Å². The second-order valence-corrected chi connectivity index (χ2v) is 7.05. The molecule has 2 aromatic heterocycles. The fourth-order valence-corrected chi connectivity index (χ4v) is 4.44. The van der Waals surface area contributed by atoms with E-state index in [0.717, 1.165) is 33.1 Å². The number of nitrogen functional groups attached to an aromatic ring is 1. The Kier molecular flexibility index (Phi) is 3.50. The smallest absolute Gasteiger partial charge is 0.191 e. The maximum Gasteiger partial charge on any atom is 0.191 e. The maximum absolute atomic E-state index is 6.15. The number of nitrogens with zero attached hydrogens (tertiary/aromatic N) is 2. The molecular formula is C14H17N3S2. The highest BCUT2D eigenvalue weighted by Crippen LogP contribution is 2.38. The molecule has 0 radical (unpaired) electrons. The Bertz CT molecular complexity index is 646. The number of rotatable bonds is 3. The minimum absolute atomic E-state index is 0.647. The zero-order chi connectivity index (χ0) is 13.4. The highest BCUT2D eigenvalue weighted by molar-refractivity contribution is 7.99. The van der Waals surface area contributed by atoms with Gasteiger partial charge in [-0.3, -0.25) is 0 Å². The lowest BCUT2D eigenvalue weighted by Gasteiger charge is -2.10. The molecule has 5 heteroatoms. The van der Waals surface area contributed by atoms with Crippen LogP contribution in [-0.2, 0) is 12.8 Å². The third-order valence-corrected chi connectivity index (χ3v) is 5.53. The number of aryl methyl sites for hydroxylation is 2. The first kappa shape index (κ1) is 12.9. The van der Waals surface area contributed by atoms with Crippen molar-refractivity contribution in [3.63, 3.8) is 0 Å². The van der Waals surface area contributed by atoms with Gasteiger partial charge in [0.25, 0.3) is 0 Å². The molecule has 100 valence electrons. The molecule has 3 rings (SSSR count). The van der Waals surface area contributed by atoms with Crippen molar-refractivity contribution in [1.82, 2.24) is 9.97 Å². The number of thiophene rings is 1. The molecule has 0 saturated heterocycles. The fraction of sp³-hybridized carbons (Fsp3) is 0.429. The maximum atomic E-state index is 6.15. The zero-order valence-corrected chi connectivity index (χ0v) is 12.7. The summed E-state index contributed by atoms with van der Waals surface area (Å²) in [5.74, 6) is 1.49. The number of thioether (sulfide) groups is 1. The monoisotopic (exact) mass is 291 g/mol. The van der Waals surface area contributed by atoms with Gasteiger partial charge in [-0.1, -0.05) is 23.9 Å². The van der Waals surface area contributed by atoms with Crippen LogP contribution in [0.3, 0.4) is 0 Å². The van der Waals surface area contributed by atoms with Crippen molar-refractivity contribution < 1.29 is 0 Å². The van der Waals surface area contributed by atoms with Crippen LogP contribution in [0.2, 0.25) is 0 Å². The van der Waals surface area contributed by atoms with E-state index in [0.29, 0.717) is 5.82 Å². The van der Waals surface area contributed by atoms with E-state index in [2.05, 4.69) is 16.5 Å². The largest absolute Gasteiger partial charge is 0.383 e. The number of aromatic nitrogens is 2. The molecule has 3 nitrogen and oxygen atoms in total. The molecule has 19 heavy (non-hydrogen) atoms. The van der Waals surface area contributed by atoms with Gasteiger partial charge in [0.05, 0.1) is 5.39 Å². The number of hydrogen-bond donors (Lipinski definition) is 1. The van der Waals surface area contributed by atoms with E-state index < -0.39 is 0 Å². The van der Waals surface area contributed by atoms with E-state index in [1.807, 2.05) is 6.92 Å². The van der Waals surface area contributed by atoms with Gasteiger partial charge in [-0.2, -0.15) is 0 Å². The highest BCUT2D eigenvalue weighted by atomic mass is 32.2. The first-order valence-electron chi connectivity index (χ1n) is 6.50. The van der Waals surface area contributed by atoms with Crippen LogP contribution >= 0.6 is 23.1 Å². The van der Waals surface area contributed by atoms with E-state index >= 15 is 0 Å². The van der Waals surface area contributed by atoms with E-state index in [9.17, 15) is 0 Å². The number of nitrogens with two attached hydrogens (primary N) is 1. The van der Waals surface area contributed by atoms with E-state index in [1.54, 1.807) is 23.1 Å². The van der Waals surface area contributed by atoms with Crippen LogP contribution in [0.4, 0.5) is 5.82 Å². The predicted octanol–water partition coefficient (Wildman–Crippen LogP) is 3.82. The lowest BCUT2D eigenvalue weighted by molar-refractivity contribution is 0.700. The summed E-state index contributed by atoms with van der Waals surface area (Å²) >= 11 is 3.40. The molecule has 0 aromatic carbocycles. The Morgan fingerprint density at radius 3 is 2.95 bits per heavy atom. The Morgan fingerprint density at radius 2 is 2.16 bits per heavy atom. The van der Waals surface area contributed by atoms with Crippen LogP contribution in [-0.4, -0.2) is 15.7 Å². The standard InChI is InChI=1S/C14H17N3S2/c1-8(2)7-18-14-16-12(15)11-9-5-3-4-6-10(9)19-13(11)17-14/h1,3-7H2,2H3,(H2,15,16,17). The van der Waals surface area contributed by atoms with Crippen LogP contribution < -0.4 is 5.73 Å². The van der Waals surface area contributed by atoms with Gasteiger partial charge in [0.15, 0.2) is 5.16 Å². The summed E-state index contributed by atoms with van der Waals surface area (Å²) in [6.07, 6.45) is 4.83. The van der Waals surface area contributed by atoms with Gasteiger partial charge in [0, 0.05) is 10.6 Å². The van der Waals surface area contributed by atoms with Gasteiger partial charge < -0.3 is 5.73 Å². The van der Waals surface area contributed by atoms with E-state index in [4.69, 9.17) is 5.73 Å². The minimum Gasteiger partial charge on any atom is -0.383 e. The third kappa shape index (κ3) is 2.49. The van der Waals surface area contributed by atoms with Crippen LogP contribution in [0, 0.1) is 0 Å². The minimum atomic E-state index is 0.647. The molecule has 1 aliphatic carbocycles. The predicted molar refractivity (Wildman–Crippen MR) is 84.0 cm³/mol. The highest BCUT2D eigenvalue weighted by Gasteiger charge is 2.20. The summed E-state index contributed by atoms with van der Waals surface area (Å²) in [4.78, 5) is 11.6. The Hall–Kier alpha value is -1.07. The number of fused-ring (bicyclic) bond motifs is 3. The van der Waals surface area contributed by atoms with Gasteiger partial charge in [0.1, 0.15) is 10.6 Å². The van der Waals surface area contributed by atoms with Gasteiger partial charge in [0.2, 0.25) is 0 Å². The molecule has 2 N–H and O–H groups in total. The molecule has 0 spiro atoms. The summed E-state index contributed by atoms with van der Waals surface area (Å²) in [5, 5.41) is 1.88. The van der Waals surface area contributed by atoms with Crippen molar-refractivity contribution >= 4 is 39.1 Å². The van der Waals surface area contributed by atoms with Gasteiger partial charge in [-0.25, -0.2) is 9.97 Å². The molecule has 0 bridgehead atoms. The van der Waals surface area contributed by atoms with Crippen LogP contribution in [0.25, 0.3) is 10.2 Å². The second-order valence-electron chi connectivity index (χ2n) is 5.03. The van der Waals surface area contributed by atoms with Gasteiger partial charge in [-0.05, 0) is 38.2 Å². The van der Waals surface area contributed by atoms with Crippen LogP contribution in [0.1, 0.15) is 30.2 Å². The van der Waals surface area contributed by atoms with Gasteiger partial charge in [-0.15, -0.1) is 11.3 Å². The van der Waals surface area contributed by atoms with Gasteiger partial charge >= 0.3 is 0 Å². The Labute approximate surface area is 121 Å². The summed E-state index contributed by atoms with van der Waals surface area (Å²) < 4.78 is 0. The zero-order valence-electron chi connectivity index (χ0n) is 11.0. The molecule has 0 atom stereocenters. The average molecular weight is 291 g/mol. The molecule has 1 aliphatic rings. The van der Waals surface area contributed by atoms with Crippen molar-refractivity contribution in [2.75, 3.05) is 11.5 Å². The van der Waals surface area contributed by atoms with Crippen LogP contribution in [0.15, 0.2) is 17.3 Å². The summed E-state index contributed by atoms with van der Waals surface area (Å²) in [7, 11) is 0. The lowest BCUT2D eigenvalue weighted by atomic mass is 9.97. The first-order valence-corrected chi connectivity index (χ1v) is 8.30. The molecule has 2 aromatic rings. The normalized spacial score (nSPS) is 14.6. The third-order valence-electron chi connectivity index (χ3n) is 3.27. The van der Waals surface area contributed by atoms with Crippen molar-refractivity contribution in [2.45, 2.75) is 37.8 Å². The summed E-state index contributed by atoms with van der Waals surface area (Å²) in [6.45, 7) is 5.92. The van der Waals surface area contributed by atoms with E-state index in [1.165, 1.54) is 29.7 Å². The molecule has 2 heterocycles. The molecule has 0 aliphatic heterocycles. The van der Waals surface area contributed by atoms with Crippen molar-refractivity contribution in [2.24, 2.45) is 0 Å². The van der Waals surface area contributed by atoms with Crippen molar-refractivity contribution in [1.29, 1.82) is 0 Å². The Balaban J connectivity index is 2.03. The molecular weight excluding hydrogens is 274 g/mol. The fourth-order valence-electron chi connectivity index (χ4n) is 2.42. The van der Waals surface area contributed by atoms with Crippen molar-refractivity contribution in [3.05, 3.63) is 22.6 Å². The first-order chi connectivity index (χ1) is 9.15. The molecule has 0 saturated carbocycles. The summed E-state index contributed by atoms with van der Waals surface area (Å²) in [6, 6.07) is 0. The molecule has 0 unspecified atom stereocenters. The second kappa shape index (κ2) is 5.13. The SMILES string of the molecule is C=C(C)CSc1nc(N)c2c3c(sc2n1)CCCC3. The number of hydrogen-bond acceptors (Lipinski definition) is 5. The van der Waals surface area contributed by atoms with Crippen molar-refractivity contribution in [3.8, 4) is 0 Å². The lowest BCUT2D eigenvalue weighted by Crippen LogP contribution is -2.01. The average Bonchev–Trinajstić information content (AvgIpc) is 2.74. The van der Waals surface area contributed by atoms with Crippen LogP contribution in [0.5, 0.6) is 0 Å². The number of anilines is 1. The topological polar surface area (TPSA) is 51.8 Å². The molecule has 0 fully saturated rings. The Morgan fingerprint density at radius 1 is 1.37 bits per heavy atom. The quantitative estimate of drug-likeness (QED) is 0.530.